The van der Waals surface area contributed by atoms with Gasteiger partial charge < -0.3 is 20.7 Å². The molecule has 0 aliphatic carbocycles. The lowest BCUT2D eigenvalue weighted by Crippen LogP contribution is -2.33. The third-order valence-electron chi connectivity index (χ3n) is 4.34. The van der Waals surface area contributed by atoms with Crippen LogP contribution in [0.15, 0.2) is 29.3 Å². The van der Waals surface area contributed by atoms with Gasteiger partial charge in [-0.05, 0) is 69.1 Å². The van der Waals surface area contributed by atoms with Crippen molar-refractivity contribution in [2.24, 2.45) is 16.6 Å². The van der Waals surface area contributed by atoms with E-state index in [-0.39, 0.29) is 0 Å². The minimum absolute atomic E-state index is 0.483. The fraction of sp³-hybridized carbons (Fsp3) is 0.588. The van der Waals surface area contributed by atoms with E-state index in [9.17, 15) is 0 Å². The number of rotatable bonds is 6. The van der Waals surface area contributed by atoms with Crippen LogP contribution in [0.25, 0.3) is 0 Å². The molecule has 1 saturated heterocycles. The summed E-state index contributed by atoms with van der Waals surface area (Å²) in [5.41, 5.74) is 6.86. The highest BCUT2D eigenvalue weighted by molar-refractivity contribution is 5.92. The molecule has 0 spiro atoms. The minimum Gasteiger partial charge on any atom is -0.497 e. The predicted octanol–water partition coefficient (Wildman–Crippen LogP) is 2.54. The van der Waals surface area contributed by atoms with Crippen molar-refractivity contribution in [3.63, 3.8) is 0 Å². The molecule has 122 valence electrons. The molecule has 0 bridgehead atoms. The topological polar surface area (TPSA) is 62.9 Å². The molecule has 2 rings (SSSR count). The number of nitrogens with zero attached hydrogens (tertiary/aromatic N) is 2. The number of ether oxygens (including phenoxy) is 1. The molecule has 0 aromatic heterocycles. The van der Waals surface area contributed by atoms with Gasteiger partial charge in [-0.3, -0.25) is 4.99 Å². The van der Waals surface area contributed by atoms with Crippen molar-refractivity contribution >= 4 is 11.6 Å². The molecule has 5 heteroatoms. The Morgan fingerprint density at radius 2 is 2.00 bits per heavy atom. The second-order valence-corrected chi connectivity index (χ2v) is 5.79. The van der Waals surface area contributed by atoms with Gasteiger partial charge in [0.05, 0.1) is 7.11 Å². The lowest BCUT2D eigenvalue weighted by atomic mass is 9.94. The van der Waals surface area contributed by atoms with Gasteiger partial charge in [-0.25, -0.2) is 0 Å². The Kier molecular flexibility index (Phi) is 6.52. The van der Waals surface area contributed by atoms with E-state index in [1.165, 1.54) is 32.5 Å². The van der Waals surface area contributed by atoms with Crippen LogP contribution >= 0.6 is 0 Å². The Morgan fingerprint density at radius 1 is 1.32 bits per heavy atom. The fourth-order valence-electron chi connectivity index (χ4n) is 2.82. The standard InChI is InChI=1S/C17H28N4O/c1-3-21-12-9-14(10-13-21)8-11-19-17(18)20-15-4-6-16(22-2)7-5-15/h4-7,14H,3,8-13H2,1-2H3,(H3,18,19,20). The average Bonchev–Trinajstić information content (AvgIpc) is 2.56. The SMILES string of the molecule is CCN1CCC(CCN=C(N)Nc2ccc(OC)cc2)CC1. The highest BCUT2D eigenvalue weighted by atomic mass is 16.5. The molecule has 1 aliphatic heterocycles. The third-order valence-corrected chi connectivity index (χ3v) is 4.34. The normalized spacial score (nSPS) is 17.5. The van der Waals surface area contributed by atoms with Crippen molar-refractivity contribution in [1.82, 2.24) is 4.90 Å². The van der Waals surface area contributed by atoms with Crippen LogP contribution in [-0.4, -0.2) is 44.1 Å². The molecule has 0 atom stereocenters. The molecular formula is C17H28N4O. The number of methoxy groups -OCH3 is 1. The molecule has 3 N–H and O–H groups in total. The Balaban J connectivity index is 1.71. The van der Waals surface area contributed by atoms with Crippen molar-refractivity contribution in [3.05, 3.63) is 24.3 Å². The average molecular weight is 304 g/mol. The molecule has 1 aromatic carbocycles. The zero-order chi connectivity index (χ0) is 15.8. The molecule has 0 radical (unpaired) electrons. The number of hydrogen-bond donors (Lipinski definition) is 2. The summed E-state index contributed by atoms with van der Waals surface area (Å²) in [6, 6.07) is 7.66. The van der Waals surface area contributed by atoms with Gasteiger partial charge in [0.1, 0.15) is 5.75 Å². The van der Waals surface area contributed by atoms with E-state index in [0.29, 0.717) is 5.96 Å². The second-order valence-electron chi connectivity index (χ2n) is 5.79. The van der Waals surface area contributed by atoms with E-state index < -0.39 is 0 Å². The number of anilines is 1. The molecule has 0 amide bonds. The Labute approximate surface area is 133 Å². The molecule has 0 saturated carbocycles. The summed E-state index contributed by atoms with van der Waals surface area (Å²) in [5, 5.41) is 3.11. The van der Waals surface area contributed by atoms with E-state index in [0.717, 1.165) is 30.3 Å². The summed E-state index contributed by atoms with van der Waals surface area (Å²) in [5.74, 6) is 2.11. The van der Waals surface area contributed by atoms with Gasteiger partial charge in [0, 0.05) is 12.2 Å². The highest BCUT2D eigenvalue weighted by Gasteiger charge is 2.17. The quantitative estimate of drug-likeness (QED) is 0.626. The monoisotopic (exact) mass is 304 g/mol. The van der Waals surface area contributed by atoms with E-state index >= 15 is 0 Å². The first kappa shape index (κ1) is 16.6. The van der Waals surface area contributed by atoms with Crippen molar-refractivity contribution in [2.75, 3.05) is 38.6 Å². The van der Waals surface area contributed by atoms with Crippen LogP contribution in [0.4, 0.5) is 5.69 Å². The maximum Gasteiger partial charge on any atom is 0.193 e. The van der Waals surface area contributed by atoms with Crippen LogP contribution in [0.1, 0.15) is 26.2 Å². The third kappa shape index (κ3) is 5.22. The number of likely N-dealkylation sites (tertiary alicyclic amines) is 1. The maximum absolute atomic E-state index is 5.93. The smallest absolute Gasteiger partial charge is 0.193 e. The number of nitrogens with two attached hydrogens (primary N) is 1. The highest BCUT2D eigenvalue weighted by Crippen LogP contribution is 2.20. The first-order valence-electron chi connectivity index (χ1n) is 8.14. The lowest BCUT2D eigenvalue weighted by molar-refractivity contribution is 0.188. The molecule has 1 heterocycles. The lowest BCUT2D eigenvalue weighted by Gasteiger charge is -2.30. The Hall–Kier alpha value is -1.75. The van der Waals surface area contributed by atoms with Gasteiger partial charge in [-0.15, -0.1) is 0 Å². The van der Waals surface area contributed by atoms with Crippen LogP contribution in [0.3, 0.4) is 0 Å². The van der Waals surface area contributed by atoms with E-state index in [1.807, 2.05) is 24.3 Å². The molecule has 1 aromatic rings. The van der Waals surface area contributed by atoms with Crippen LogP contribution in [0, 0.1) is 5.92 Å². The summed E-state index contributed by atoms with van der Waals surface area (Å²) >= 11 is 0. The molecule has 22 heavy (non-hydrogen) atoms. The molecule has 5 nitrogen and oxygen atoms in total. The zero-order valence-electron chi connectivity index (χ0n) is 13.7. The second kappa shape index (κ2) is 8.63. The minimum atomic E-state index is 0.483. The summed E-state index contributed by atoms with van der Waals surface area (Å²) in [6.07, 6.45) is 3.70. The van der Waals surface area contributed by atoms with E-state index in [4.69, 9.17) is 10.5 Å². The van der Waals surface area contributed by atoms with E-state index in [2.05, 4.69) is 22.1 Å². The van der Waals surface area contributed by atoms with Crippen molar-refractivity contribution in [2.45, 2.75) is 26.2 Å². The van der Waals surface area contributed by atoms with Gasteiger partial charge in [0.15, 0.2) is 5.96 Å². The predicted molar refractivity (Wildman–Crippen MR) is 92.6 cm³/mol. The molecular weight excluding hydrogens is 276 g/mol. The van der Waals surface area contributed by atoms with Crippen molar-refractivity contribution in [1.29, 1.82) is 0 Å². The number of piperidine rings is 1. The van der Waals surface area contributed by atoms with Gasteiger partial charge in [-0.2, -0.15) is 0 Å². The Morgan fingerprint density at radius 3 is 2.59 bits per heavy atom. The first-order chi connectivity index (χ1) is 10.7. The number of hydrogen-bond acceptors (Lipinski definition) is 3. The van der Waals surface area contributed by atoms with Crippen LogP contribution in [0.2, 0.25) is 0 Å². The van der Waals surface area contributed by atoms with Crippen LogP contribution in [-0.2, 0) is 0 Å². The summed E-state index contributed by atoms with van der Waals surface area (Å²) in [6.45, 7) is 6.65. The Bertz CT molecular complexity index is 464. The first-order valence-corrected chi connectivity index (χ1v) is 8.14. The molecule has 1 fully saturated rings. The summed E-state index contributed by atoms with van der Waals surface area (Å²) < 4.78 is 5.13. The molecule has 0 unspecified atom stereocenters. The van der Waals surface area contributed by atoms with Crippen molar-refractivity contribution in [3.8, 4) is 5.75 Å². The summed E-state index contributed by atoms with van der Waals surface area (Å²) in [4.78, 5) is 6.95. The van der Waals surface area contributed by atoms with E-state index in [1.54, 1.807) is 7.11 Å². The van der Waals surface area contributed by atoms with Crippen LogP contribution in [0.5, 0.6) is 5.75 Å². The zero-order valence-corrected chi connectivity index (χ0v) is 13.7. The summed E-state index contributed by atoms with van der Waals surface area (Å²) in [7, 11) is 1.66. The number of nitrogens with one attached hydrogen (secondary N) is 1. The van der Waals surface area contributed by atoms with Gasteiger partial charge in [0.25, 0.3) is 0 Å². The van der Waals surface area contributed by atoms with Gasteiger partial charge in [-0.1, -0.05) is 6.92 Å². The van der Waals surface area contributed by atoms with Gasteiger partial charge >= 0.3 is 0 Å². The van der Waals surface area contributed by atoms with Gasteiger partial charge in [0.2, 0.25) is 0 Å². The number of guanidine groups is 1. The fourth-order valence-corrected chi connectivity index (χ4v) is 2.82. The maximum atomic E-state index is 5.93. The van der Waals surface area contributed by atoms with Crippen molar-refractivity contribution < 1.29 is 4.74 Å². The molecule has 1 aliphatic rings. The number of benzene rings is 1. The van der Waals surface area contributed by atoms with Crippen LogP contribution < -0.4 is 15.8 Å². The largest absolute Gasteiger partial charge is 0.497 e. The number of aliphatic imine (C=N–C) groups is 1.